The molecule has 1 heterocycles. The lowest BCUT2D eigenvalue weighted by Crippen LogP contribution is -2.02. The van der Waals surface area contributed by atoms with E-state index in [0.717, 1.165) is 78.3 Å². The van der Waals surface area contributed by atoms with Gasteiger partial charge >= 0.3 is 0 Å². The zero-order valence-corrected chi connectivity index (χ0v) is 28.1. The van der Waals surface area contributed by atoms with Crippen molar-refractivity contribution in [1.82, 2.24) is 4.57 Å². The molecule has 4 heteroatoms. The minimum atomic E-state index is 0.394. The Morgan fingerprint density at radius 3 is 1.92 bits per heavy atom. The monoisotopic (exact) mass is 628 g/mol. The van der Waals surface area contributed by atoms with Gasteiger partial charge in [-0.1, -0.05) is 111 Å². The maximum atomic E-state index is 8.35. The molecule has 4 nitrogen and oxygen atoms in total. The number of nitrogens with one attached hydrogen (secondary N) is 1. The van der Waals surface area contributed by atoms with Crippen LogP contribution in [0.3, 0.4) is 0 Å². The molecule has 4 aromatic rings. The van der Waals surface area contributed by atoms with Gasteiger partial charge in [0.25, 0.3) is 0 Å². The standard InChI is InChI=1S/C44H44N4/c1-8-12-18-42(47)30(5)25-39(29-46)38-23-24-41(34(10-3)26-38)44-32(7)31(6)43(48(44)40-16-14-13-15-17-40)27-33(9-2)36-19-21-37(22-20-36)35(11-4)28-45/h8-29,47H,1-4,45-46H2,5-7H3/b18-12-,30-25+,33-27+,35-28+,39-29+,47-42?. The van der Waals surface area contributed by atoms with Gasteiger partial charge < -0.3 is 21.4 Å². The second kappa shape index (κ2) is 15.9. The average Bonchev–Trinajstić information content (AvgIpc) is 3.37. The van der Waals surface area contributed by atoms with Gasteiger partial charge in [-0.25, -0.2) is 0 Å². The molecule has 0 bridgehead atoms. The van der Waals surface area contributed by atoms with Crippen molar-refractivity contribution in [3.05, 3.63) is 193 Å². The molecule has 48 heavy (non-hydrogen) atoms. The summed E-state index contributed by atoms with van der Waals surface area (Å²) in [6.07, 6.45) is 17.9. The highest BCUT2D eigenvalue weighted by Crippen LogP contribution is 2.39. The normalized spacial score (nSPS) is 12.6. The van der Waals surface area contributed by atoms with Gasteiger partial charge in [0.05, 0.1) is 17.1 Å². The minimum absolute atomic E-state index is 0.394. The number of aromatic nitrogens is 1. The summed E-state index contributed by atoms with van der Waals surface area (Å²) < 4.78 is 2.31. The van der Waals surface area contributed by atoms with E-state index in [-0.39, 0.29) is 0 Å². The second-order valence-corrected chi connectivity index (χ2v) is 11.3. The molecule has 240 valence electrons. The van der Waals surface area contributed by atoms with Crippen molar-refractivity contribution in [2.45, 2.75) is 20.8 Å². The van der Waals surface area contributed by atoms with E-state index in [1.807, 2.05) is 43.4 Å². The Kier molecular flexibility index (Phi) is 11.5. The number of hydrogen-bond acceptors (Lipinski definition) is 3. The third kappa shape index (κ3) is 7.30. The largest absolute Gasteiger partial charge is 0.404 e. The Labute approximate surface area is 285 Å². The Balaban J connectivity index is 1.91. The summed E-state index contributed by atoms with van der Waals surface area (Å²) in [5, 5.41) is 8.35. The molecule has 0 atom stereocenters. The van der Waals surface area contributed by atoms with Crippen LogP contribution in [0, 0.1) is 19.3 Å². The molecular weight excluding hydrogens is 585 g/mol. The van der Waals surface area contributed by atoms with Gasteiger partial charge in [0.15, 0.2) is 0 Å². The van der Waals surface area contributed by atoms with E-state index in [1.54, 1.807) is 36.7 Å². The topological polar surface area (TPSA) is 80.8 Å². The number of hydrogen-bond donors (Lipinski definition) is 3. The number of para-hydroxylation sites is 1. The molecule has 0 aliphatic heterocycles. The lowest BCUT2D eigenvalue weighted by molar-refractivity contribution is 1.06. The number of allylic oxidation sites excluding steroid dienone is 10. The Hall–Kier alpha value is -6.13. The number of benzene rings is 3. The first-order valence-corrected chi connectivity index (χ1v) is 15.7. The van der Waals surface area contributed by atoms with Crippen LogP contribution in [-0.4, -0.2) is 10.3 Å². The summed E-state index contributed by atoms with van der Waals surface area (Å²) in [7, 11) is 0. The third-order valence-electron chi connectivity index (χ3n) is 8.48. The molecule has 0 fully saturated rings. The highest BCUT2D eigenvalue weighted by molar-refractivity contribution is 6.07. The fraction of sp³-hybridized carbons (Fsp3) is 0.0682. The highest BCUT2D eigenvalue weighted by Gasteiger charge is 2.21. The van der Waals surface area contributed by atoms with Crippen LogP contribution >= 0.6 is 0 Å². The summed E-state index contributed by atoms with van der Waals surface area (Å²) in [6.45, 7) is 22.2. The molecule has 0 spiro atoms. The van der Waals surface area contributed by atoms with Crippen molar-refractivity contribution >= 4 is 34.6 Å². The van der Waals surface area contributed by atoms with Gasteiger partial charge in [-0.3, -0.25) is 0 Å². The lowest BCUT2D eigenvalue weighted by Gasteiger charge is -2.17. The van der Waals surface area contributed by atoms with Crippen molar-refractivity contribution in [3.63, 3.8) is 0 Å². The van der Waals surface area contributed by atoms with Gasteiger partial charge in [0.2, 0.25) is 0 Å². The smallest absolute Gasteiger partial charge is 0.0572 e. The fourth-order valence-corrected chi connectivity index (χ4v) is 5.67. The molecule has 0 aliphatic rings. The molecule has 1 aromatic heterocycles. The number of nitrogens with two attached hydrogens (primary N) is 2. The van der Waals surface area contributed by atoms with Crippen LogP contribution in [0.2, 0.25) is 0 Å². The van der Waals surface area contributed by atoms with Gasteiger partial charge in [-0.05, 0) is 113 Å². The second-order valence-electron chi connectivity index (χ2n) is 11.3. The fourth-order valence-electron chi connectivity index (χ4n) is 5.67. The van der Waals surface area contributed by atoms with Crippen LogP contribution < -0.4 is 11.5 Å². The summed E-state index contributed by atoms with van der Waals surface area (Å²) in [6, 6.07) is 25.0. The summed E-state index contributed by atoms with van der Waals surface area (Å²) in [4.78, 5) is 0. The molecule has 0 aliphatic carbocycles. The van der Waals surface area contributed by atoms with Crippen LogP contribution in [0.5, 0.6) is 0 Å². The van der Waals surface area contributed by atoms with E-state index >= 15 is 0 Å². The van der Waals surface area contributed by atoms with Crippen molar-refractivity contribution in [2.75, 3.05) is 0 Å². The zero-order valence-electron chi connectivity index (χ0n) is 28.1. The lowest BCUT2D eigenvalue weighted by atomic mass is 9.94. The molecule has 0 amide bonds. The van der Waals surface area contributed by atoms with Gasteiger partial charge in [0, 0.05) is 23.7 Å². The van der Waals surface area contributed by atoms with E-state index in [0.29, 0.717) is 5.71 Å². The Bertz CT molecular complexity index is 2020. The summed E-state index contributed by atoms with van der Waals surface area (Å²) in [5.74, 6) is 0. The first-order valence-electron chi connectivity index (χ1n) is 15.7. The van der Waals surface area contributed by atoms with Crippen molar-refractivity contribution in [3.8, 4) is 16.9 Å². The van der Waals surface area contributed by atoms with Crippen LogP contribution in [0.15, 0.2) is 154 Å². The average molecular weight is 629 g/mol. The Morgan fingerprint density at radius 2 is 1.35 bits per heavy atom. The maximum absolute atomic E-state index is 8.35. The molecular formula is C44H44N4. The molecule has 4 rings (SSSR count). The molecule has 0 radical (unpaired) electrons. The van der Waals surface area contributed by atoms with Crippen molar-refractivity contribution in [1.29, 1.82) is 5.41 Å². The molecule has 0 saturated carbocycles. The van der Waals surface area contributed by atoms with Crippen molar-refractivity contribution < 1.29 is 0 Å². The molecule has 0 saturated heterocycles. The third-order valence-corrected chi connectivity index (χ3v) is 8.48. The van der Waals surface area contributed by atoms with Gasteiger partial charge in [-0.2, -0.15) is 0 Å². The predicted octanol–water partition coefficient (Wildman–Crippen LogP) is 10.6. The maximum Gasteiger partial charge on any atom is 0.0572 e. The van der Waals surface area contributed by atoms with Gasteiger partial charge in [0.1, 0.15) is 0 Å². The van der Waals surface area contributed by atoms with Crippen molar-refractivity contribution in [2.24, 2.45) is 11.5 Å². The van der Waals surface area contributed by atoms with E-state index in [1.165, 1.54) is 0 Å². The van der Waals surface area contributed by atoms with E-state index in [9.17, 15) is 0 Å². The zero-order chi connectivity index (χ0) is 34.8. The Morgan fingerprint density at radius 1 is 0.750 bits per heavy atom. The minimum Gasteiger partial charge on any atom is -0.404 e. The van der Waals surface area contributed by atoms with Crippen LogP contribution in [-0.2, 0) is 0 Å². The molecule has 5 N–H and O–H groups in total. The number of rotatable bonds is 13. The van der Waals surface area contributed by atoms with E-state index in [2.05, 4.69) is 105 Å². The number of nitrogens with zero attached hydrogens (tertiary/aromatic N) is 1. The SMILES string of the molecule is C=C/C=C\C(=N)/C(C)=C/C(=C\N)c1ccc(-c2c(C)c(C)c(/C=C(\C=C)c3ccc(/C(C=C)=C/N)cc3)n2-c2ccccc2)c(C=C)c1. The first-order chi connectivity index (χ1) is 23.2. The summed E-state index contributed by atoms with van der Waals surface area (Å²) >= 11 is 0. The highest BCUT2D eigenvalue weighted by atomic mass is 15.0. The quantitative estimate of drug-likeness (QED) is 0.102. The first kappa shape index (κ1) is 34.7. The van der Waals surface area contributed by atoms with Crippen LogP contribution in [0.4, 0.5) is 0 Å². The predicted molar refractivity (Wildman–Crippen MR) is 211 cm³/mol. The van der Waals surface area contributed by atoms with Gasteiger partial charge in [-0.15, -0.1) is 0 Å². The molecule has 3 aromatic carbocycles. The van der Waals surface area contributed by atoms with Crippen LogP contribution in [0.1, 0.15) is 46.0 Å². The van der Waals surface area contributed by atoms with E-state index in [4.69, 9.17) is 16.9 Å². The van der Waals surface area contributed by atoms with E-state index < -0.39 is 0 Å². The van der Waals surface area contributed by atoms with Crippen LogP contribution in [0.25, 0.3) is 45.8 Å². The molecule has 0 unspecified atom stereocenters. The summed E-state index contributed by atoms with van der Waals surface area (Å²) in [5.41, 5.74) is 26.3.